The fourth-order valence-electron chi connectivity index (χ4n) is 2.77. The van der Waals surface area contributed by atoms with Gasteiger partial charge in [-0.15, -0.1) is 0 Å². The lowest BCUT2D eigenvalue weighted by atomic mass is 10.1. The van der Waals surface area contributed by atoms with Gasteiger partial charge in [-0.25, -0.2) is 0 Å². The summed E-state index contributed by atoms with van der Waals surface area (Å²) in [5.41, 5.74) is 3.28. The van der Waals surface area contributed by atoms with Gasteiger partial charge in [0.15, 0.2) is 11.6 Å². The minimum absolute atomic E-state index is 0.00756. The van der Waals surface area contributed by atoms with E-state index in [1.807, 2.05) is 38.1 Å². The SMILES string of the molecule is Cc1ccc(C(=O)CCC(=O)OCCCOC(=O)CCC(=O)c2ccc(C)cc2)cc1. The second-order valence-corrected chi connectivity index (χ2v) is 7.37. The zero-order valence-corrected chi connectivity index (χ0v) is 18.0. The third-order valence-electron chi connectivity index (χ3n) is 4.67. The summed E-state index contributed by atoms with van der Waals surface area (Å²) in [6.45, 7) is 4.09. The van der Waals surface area contributed by atoms with Crippen LogP contribution in [-0.2, 0) is 19.1 Å². The summed E-state index contributed by atoms with van der Waals surface area (Å²) in [6.07, 6.45) is 0.550. The van der Waals surface area contributed by atoms with E-state index < -0.39 is 11.9 Å². The van der Waals surface area contributed by atoms with Crippen molar-refractivity contribution in [3.8, 4) is 0 Å². The largest absolute Gasteiger partial charge is 0.466 e. The first-order chi connectivity index (χ1) is 14.8. The van der Waals surface area contributed by atoms with Gasteiger partial charge in [0.1, 0.15) is 0 Å². The molecule has 0 atom stereocenters. The van der Waals surface area contributed by atoms with Gasteiger partial charge in [0.05, 0.1) is 26.1 Å². The predicted octanol–water partition coefficient (Wildman–Crippen LogP) is 4.41. The standard InChI is InChI=1S/C25H28O6/c1-18-4-8-20(9-5-18)22(26)12-14-24(28)30-16-3-17-31-25(29)15-13-23(27)21-10-6-19(2)7-11-21/h4-11H,3,12-17H2,1-2H3. The molecular weight excluding hydrogens is 396 g/mol. The van der Waals surface area contributed by atoms with Gasteiger partial charge in [-0.2, -0.15) is 0 Å². The van der Waals surface area contributed by atoms with Crippen LogP contribution in [0, 0.1) is 13.8 Å². The molecule has 0 amide bonds. The molecule has 0 heterocycles. The minimum atomic E-state index is -0.463. The van der Waals surface area contributed by atoms with E-state index in [9.17, 15) is 19.2 Å². The molecular formula is C25H28O6. The van der Waals surface area contributed by atoms with Crippen LogP contribution in [0.5, 0.6) is 0 Å². The fourth-order valence-corrected chi connectivity index (χ4v) is 2.77. The first-order valence-corrected chi connectivity index (χ1v) is 10.4. The van der Waals surface area contributed by atoms with Crippen molar-refractivity contribution in [3.05, 3.63) is 70.8 Å². The summed E-state index contributed by atoms with van der Waals surface area (Å²) >= 11 is 0. The van der Waals surface area contributed by atoms with Gasteiger partial charge < -0.3 is 9.47 Å². The van der Waals surface area contributed by atoms with Crippen molar-refractivity contribution in [2.75, 3.05) is 13.2 Å². The molecule has 2 aromatic carbocycles. The summed E-state index contributed by atoms with van der Waals surface area (Å²) < 4.78 is 10.1. The number of hydrogen-bond donors (Lipinski definition) is 0. The molecule has 0 radical (unpaired) electrons. The Hall–Kier alpha value is -3.28. The molecule has 0 spiro atoms. The van der Waals surface area contributed by atoms with Crippen LogP contribution < -0.4 is 0 Å². The van der Waals surface area contributed by atoms with E-state index in [2.05, 4.69) is 0 Å². The Bertz CT molecular complexity index is 821. The van der Waals surface area contributed by atoms with Crippen LogP contribution in [-0.4, -0.2) is 36.7 Å². The van der Waals surface area contributed by atoms with E-state index in [-0.39, 0.29) is 50.5 Å². The van der Waals surface area contributed by atoms with E-state index in [4.69, 9.17) is 9.47 Å². The Morgan fingerprint density at radius 1 is 0.581 bits per heavy atom. The van der Waals surface area contributed by atoms with Crippen molar-refractivity contribution in [3.63, 3.8) is 0 Å². The lowest BCUT2D eigenvalue weighted by molar-refractivity contribution is -0.146. The van der Waals surface area contributed by atoms with Crippen molar-refractivity contribution in [2.45, 2.75) is 46.0 Å². The third kappa shape index (κ3) is 8.95. The number of carbonyl (C=O) groups excluding carboxylic acids is 4. The number of benzene rings is 2. The van der Waals surface area contributed by atoms with Crippen molar-refractivity contribution in [1.82, 2.24) is 0 Å². The van der Waals surface area contributed by atoms with E-state index in [0.29, 0.717) is 17.5 Å². The van der Waals surface area contributed by atoms with Crippen molar-refractivity contribution in [1.29, 1.82) is 0 Å². The summed E-state index contributed by atoms with van der Waals surface area (Å²) in [5.74, 6) is -1.14. The highest BCUT2D eigenvalue weighted by Crippen LogP contribution is 2.09. The number of aryl methyl sites for hydroxylation is 2. The molecule has 31 heavy (non-hydrogen) atoms. The Labute approximate surface area is 182 Å². The van der Waals surface area contributed by atoms with Crippen LogP contribution in [0.15, 0.2) is 48.5 Å². The number of rotatable bonds is 12. The van der Waals surface area contributed by atoms with E-state index >= 15 is 0 Å². The molecule has 164 valence electrons. The average Bonchev–Trinajstić information content (AvgIpc) is 2.76. The summed E-state index contributed by atoms with van der Waals surface area (Å²) in [7, 11) is 0. The smallest absolute Gasteiger partial charge is 0.306 e. The monoisotopic (exact) mass is 424 g/mol. The number of esters is 2. The van der Waals surface area contributed by atoms with Crippen LogP contribution in [0.3, 0.4) is 0 Å². The first-order valence-electron chi connectivity index (χ1n) is 10.4. The average molecular weight is 424 g/mol. The zero-order valence-electron chi connectivity index (χ0n) is 18.0. The van der Waals surface area contributed by atoms with Crippen LogP contribution in [0.25, 0.3) is 0 Å². The second-order valence-electron chi connectivity index (χ2n) is 7.37. The van der Waals surface area contributed by atoms with Gasteiger partial charge in [-0.1, -0.05) is 59.7 Å². The molecule has 0 aliphatic rings. The van der Waals surface area contributed by atoms with Crippen molar-refractivity contribution >= 4 is 23.5 Å². The van der Waals surface area contributed by atoms with Gasteiger partial charge in [-0.3, -0.25) is 19.2 Å². The first kappa shape index (κ1) is 24.0. The maximum atomic E-state index is 12.0. The van der Waals surface area contributed by atoms with Gasteiger partial charge in [0, 0.05) is 30.4 Å². The second kappa shape index (κ2) is 12.4. The number of ketones is 2. The Balaban J connectivity index is 1.53. The highest BCUT2D eigenvalue weighted by atomic mass is 16.5. The number of carbonyl (C=O) groups is 4. The van der Waals surface area contributed by atoms with Gasteiger partial charge in [0.2, 0.25) is 0 Å². The molecule has 6 heteroatoms. The molecule has 0 unspecified atom stereocenters. The van der Waals surface area contributed by atoms with Crippen LogP contribution in [0.2, 0.25) is 0 Å². The highest BCUT2D eigenvalue weighted by Gasteiger charge is 2.12. The molecule has 0 saturated heterocycles. The van der Waals surface area contributed by atoms with E-state index in [0.717, 1.165) is 11.1 Å². The van der Waals surface area contributed by atoms with Crippen LogP contribution in [0.1, 0.15) is 63.9 Å². The van der Waals surface area contributed by atoms with E-state index in [1.165, 1.54) is 0 Å². The molecule has 0 aliphatic carbocycles. The lowest BCUT2D eigenvalue weighted by Gasteiger charge is -2.07. The lowest BCUT2D eigenvalue weighted by Crippen LogP contribution is -2.12. The molecule has 0 N–H and O–H groups in total. The molecule has 6 nitrogen and oxygen atoms in total. The molecule has 0 aliphatic heterocycles. The fraction of sp³-hybridized carbons (Fsp3) is 0.360. The van der Waals surface area contributed by atoms with Gasteiger partial charge >= 0.3 is 11.9 Å². The Morgan fingerprint density at radius 2 is 0.935 bits per heavy atom. The molecule has 2 aromatic rings. The van der Waals surface area contributed by atoms with Crippen molar-refractivity contribution in [2.24, 2.45) is 0 Å². The van der Waals surface area contributed by atoms with Crippen LogP contribution in [0.4, 0.5) is 0 Å². The Kier molecular flexibility index (Phi) is 9.62. The zero-order chi connectivity index (χ0) is 22.6. The molecule has 2 rings (SSSR count). The number of hydrogen-bond acceptors (Lipinski definition) is 6. The highest BCUT2D eigenvalue weighted by molar-refractivity contribution is 5.98. The van der Waals surface area contributed by atoms with Crippen molar-refractivity contribution < 1.29 is 28.7 Å². The van der Waals surface area contributed by atoms with Gasteiger partial charge in [0.25, 0.3) is 0 Å². The van der Waals surface area contributed by atoms with Gasteiger partial charge in [-0.05, 0) is 13.8 Å². The quantitative estimate of drug-likeness (QED) is 0.285. The topological polar surface area (TPSA) is 86.7 Å². The summed E-state index contributed by atoms with van der Waals surface area (Å²) in [5, 5.41) is 0. The molecule has 0 bridgehead atoms. The maximum Gasteiger partial charge on any atom is 0.306 e. The number of ether oxygens (including phenoxy) is 2. The summed E-state index contributed by atoms with van der Waals surface area (Å²) in [4.78, 5) is 47.6. The Morgan fingerprint density at radius 3 is 1.29 bits per heavy atom. The number of Topliss-reactive ketones (excluding diaryl/α,β-unsaturated/α-hetero) is 2. The molecule has 0 aromatic heterocycles. The summed E-state index contributed by atoms with van der Waals surface area (Å²) in [6, 6.07) is 14.4. The minimum Gasteiger partial charge on any atom is -0.466 e. The normalized spacial score (nSPS) is 10.4. The molecule has 0 fully saturated rings. The van der Waals surface area contributed by atoms with Crippen LogP contribution >= 0.6 is 0 Å². The maximum absolute atomic E-state index is 12.0. The third-order valence-corrected chi connectivity index (χ3v) is 4.67. The predicted molar refractivity (Wildman–Crippen MR) is 116 cm³/mol. The molecule has 0 saturated carbocycles. The van der Waals surface area contributed by atoms with E-state index in [1.54, 1.807) is 24.3 Å².